The SMILES string of the molecule is Cc1cc(C)cc(C(=O)N2CC[C@H](NCc3ccnc4ccccc34)C[C@H]2Cc2ccc([N+](=O)[O-])cc2)c1. The molecule has 7 nitrogen and oxygen atoms in total. The first-order valence-corrected chi connectivity index (χ1v) is 13.1. The Balaban J connectivity index is 1.35. The predicted octanol–water partition coefficient (Wildman–Crippen LogP) is 5.77. The molecule has 38 heavy (non-hydrogen) atoms. The van der Waals surface area contributed by atoms with E-state index in [4.69, 9.17) is 0 Å². The maximum Gasteiger partial charge on any atom is 0.269 e. The number of carbonyl (C=O) groups is 1. The van der Waals surface area contributed by atoms with Crippen LogP contribution in [0.5, 0.6) is 0 Å². The van der Waals surface area contributed by atoms with Crippen molar-refractivity contribution in [2.45, 2.75) is 51.7 Å². The molecule has 0 radical (unpaired) electrons. The van der Waals surface area contributed by atoms with E-state index in [0.29, 0.717) is 18.5 Å². The lowest BCUT2D eigenvalue weighted by Crippen LogP contribution is -2.51. The number of nitro groups is 1. The average Bonchev–Trinajstić information content (AvgIpc) is 2.91. The summed E-state index contributed by atoms with van der Waals surface area (Å²) in [6.07, 6.45) is 4.15. The molecule has 1 aliphatic rings. The van der Waals surface area contributed by atoms with E-state index in [1.54, 1.807) is 24.3 Å². The number of pyridine rings is 1. The number of piperidine rings is 1. The Morgan fingerprint density at radius 2 is 1.79 bits per heavy atom. The molecule has 194 valence electrons. The second kappa shape index (κ2) is 11.1. The fourth-order valence-corrected chi connectivity index (χ4v) is 5.55. The van der Waals surface area contributed by atoms with Gasteiger partial charge in [-0.25, -0.2) is 0 Å². The third-order valence-corrected chi connectivity index (χ3v) is 7.38. The van der Waals surface area contributed by atoms with Gasteiger partial charge >= 0.3 is 0 Å². The van der Waals surface area contributed by atoms with E-state index in [1.807, 2.05) is 55.3 Å². The largest absolute Gasteiger partial charge is 0.335 e. The Kier molecular flexibility index (Phi) is 7.47. The van der Waals surface area contributed by atoms with Crippen LogP contribution in [0, 0.1) is 24.0 Å². The van der Waals surface area contributed by atoms with Crippen molar-refractivity contribution in [1.29, 1.82) is 0 Å². The van der Waals surface area contributed by atoms with Crippen molar-refractivity contribution in [1.82, 2.24) is 15.2 Å². The Hall–Kier alpha value is -4.10. The number of para-hydroxylation sites is 1. The first-order chi connectivity index (χ1) is 18.4. The van der Waals surface area contributed by atoms with Gasteiger partial charge in [0.2, 0.25) is 0 Å². The highest BCUT2D eigenvalue weighted by atomic mass is 16.6. The van der Waals surface area contributed by atoms with Crippen molar-refractivity contribution in [2.24, 2.45) is 0 Å². The number of carbonyl (C=O) groups excluding carboxylic acids is 1. The first-order valence-electron chi connectivity index (χ1n) is 13.1. The smallest absolute Gasteiger partial charge is 0.269 e. The number of aromatic nitrogens is 1. The molecule has 1 aliphatic heterocycles. The summed E-state index contributed by atoms with van der Waals surface area (Å²) in [7, 11) is 0. The minimum atomic E-state index is -0.386. The zero-order valence-corrected chi connectivity index (χ0v) is 21.8. The number of fused-ring (bicyclic) bond motifs is 1. The van der Waals surface area contributed by atoms with Gasteiger partial charge in [-0.2, -0.15) is 0 Å². The lowest BCUT2D eigenvalue weighted by atomic mass is 9.91. The monoisotopic (exact) mass is 508 g/mol. The maximum absolute atomic E-state index is 13.7. The van der Waals surface area contributed by atoms with Gasteiger partial charge in [-0.3, -0.25) is 19.9 Å². The topological polar surface area (TPSA) is 88.4 Å². The van der Waals surface area contributed by atoms with E-state index in [1.165, 1.54) is 5.56 Å². The van der Waals surface area contributed by atoms with Crippen molar-refractivity contribution < 1.29 is 9.72 Å². The molecule has 1 aromatic heterocycles. The van der Waals surface area contributed by atoms with Crippen molar-refractivity contribution in [3.63, 3.8) is 0 Å². The number of aryl methyl sites for hydroxylation is 2. The van der Waals surface area contributed by atoms with Crippen molar-refractivity contribution in [2.75, 3.05) is 6.54 Å². The number of non-ortho nitro benzene ring substituents is 1. The zero-order chi connectivity index (χ0) is 26.6. The van der Waals surface area contributed by atoms with Crippen LogP contribution < -0.4 is 5.32 Å². The number of hydrogen-bond donors (Lipinski definition) is 1. The number of amides is 1. The van der Waals surface area contributed by atoms with Crippen LogP contribution in [0.1, 0.15) is 45.5 Å². The van der Waals surface area contributed by atoms with Gasteiger partial charge in [-0.1, -0.05) is 47.5 Å². The lowest BCUT2D eigenvalue weighted by Gasteiger charge is -2.40. The van der Waals surface area contributed by atoms with Gasteiger partial charge in [-0.05, 0) is 68.5 Å². The second-order valence-corrected chi connectivity index (χ2v) is 10.2. The summed E-state index contributed by atoms with van der Waals surface area (Å²) < 4.78 is 0. The highest BCUT2D eigenvalue weighted by molar-refractivity contribution is 5.95. The average molecular weight is 509 g/mol. The molecule has 2 atom stereocenters. The summed E-state index contributed by atoms with van der Waals surface area (Å²) in [6.45, 7) is 5.40. The van der Waals surface area contributed by atoms with Gasteiger partial charge < -0.3 is 10.2 Å². The Morgan fingerprint density at radius 1 is 1.05 bits per heavy atom. The van der Waals surface area contributed by atoms with E-state index in [0.717, 1.165) is 47.0 Å². The molecular formula is C31H32N4O3. The molecule has 0 unspecified atom stereocenters. The fourth-order valence-electron chi connectivity index (χ4n) is 5.55. The molecule has 7 heteroatoms. The van der Waals surface area contributed by atoms with Gasteiger partial charge in [0.25, 0.3) is 11.6 Å². The maximum atomic E-state index is 13.7. The fraction of sp³-hybridized carbons (Fsp3) is 0.290. The predicted molar refractivity (Wildman–Crippen MR) is 149 cm³/mol. The minimum Gasteiger partial charge on any atom is -0.335 e. The Morgan fingerprint density at radius 3 is 2.53 bits per heavy atom. The molecule has 1 saturated heterocycles. The summed E-state index contributed by atoms with van der Waals surface area (Å²) in [5.41, 5.74) is 6.10. The molecule has 0 aliphatic carbocycles. The zero-order valence-electron chi connectivity index (χ0n) is 21.8. The molecule has 0 bridgehead atoms. The van der Waals surface area contributed by atoms with E-state index >= 15 is 0 Å². The molecule has 1 amide bonds. The van der Waals surface area contributed by atoms with E-state index in [-0.39, 0.29) is 28.6 Å². The summed E-state index contributed by atoms with van der Waals surface area (Å²) in [5, 5.41) is 16.0. The van der Waals surface area contributed by atoms with Crippen LogP contribution in [0.4, 0.5) is 5.69 Å². The van der Waals surface area contributed by atoms with Crippen molar-refractivity contribution in [3.8, 4) is 0 Å². The molecular weight excluding hydrogens is 476 g/mol. The molecule has 3 aromatic carbocycles. The van der Waals surface area contributed by atoms with E-state index in [9.17, 15) is 14.9 Å². The molecule has 0 spiro atoms. The van der Waals surface area contributed by atoms with Gasteiger partial charge in [0, 0.05) is 54.5 Å². The number of hydrogen-bond acceptors (Lipinski definition) is 5. The number of rotatable bonds is 7. The van der Waals surface area contributed by atoms with Crippen LogP contribution in [0.15, 0.2) is 79.0 Å². The van der Waals surface area contributed by atoms with Gasteiger partial charge in [-0.15, -0.1) is 0 Å². The normalized spacial score (nSPS) is 17.5. The first kappa shape index (κ1) is 25.5. The Bertz CT molecular complexity index is 1440. The minimum absolute atomic E-state index is 0.0230. The van der Waals surface area contributed by atoms with Crippen LogP contribution in [-0.4, -0.2) is 39.3 Å². The van der Waals surface area contributed by atoms with Crippen molar-refractivity contribution in [3.05, 3.63) is 117 Å². The molecule has 1 fully saturated rings. The van der Waals surface area contributed by atoms with Gasteiger partial charge in [0.15, 0.2) is 0 Å². The third-order valence-electron chi connectivity index (χ3n) is 7.38. The summed E-state index contributed by atoms with van der Waals surface area (Å²) in [5.74, 6) is 0.0438. The summed E-state index contributed by atoms with van der Waals surface area (Å²) in [6, 6.07) is 23.1. The number of benzene rings is 3. The molecule has 0 saturated carbocycles. The van der Waals surface area contributed by atoms with Gasteiger partial charge in [0.1, 0.15) is 0 Å². The van der Waals surface area contributed by atoms with E-state index < -0.39 is 0 Å². The van der Waals surface area contributed by atoms with Crippen LogP contribution >= 0.6 is 0 Å². The number of nitrogens with zero attached hydrogens (tertiary/aromatic N) is 3. The number of nitrogens with one attached hydrogen (secondary N) is 1. The lowest BCUT2D eigenvalue weighted by molar-refractivity contribution is -0.384. The molecule has 4 aromatic rings. The summed E-state index contributed by atoms with van der Waals surface area (Å²) >= 11 is 0. The Labute approximate surface area is 222 Å². The molecule has 5 rings (SSSR count). The van der Waals surface area contributed by atoms with Crippen LogP contribution in [0.3, 0.4) is 0 Å². The highest BCUT2D eigenvalue weighted by Crippen LogP contribution is 2.26. The van der Waals surface area contributed by atoms with Crippen LogP contribution in [-0.2, 0) is 13.0 Å². The van der Waals surface area contributed by atoms with Crippen molar-refractivity contribution >= 4 is 22.5 Å². The summed E-state index contributed by atoms with van der Waals surface area (Å²) in [4.78, 5) is 30.9. The standard InChI is InChI=1S/C31H32N4O3/c1-21-15-22(2)17-25(16-21)31(36)34-14-12-26(19-28(34)18-23-7-9-27(10-8-23)35(37)38)33-20-24-11-13-32-30-6-4-3-5-29(24)30/h3-11,13,15-17,26,28,33H,12,14,18-20H2,1-2H3/t26-,28+/m0/s1. The van der Waals surface area contributed by atoms with Gasteiger partial charge in [0.05, 0.1) is 10.4 Å². The third kappa shape index (κ3) is 5.73. The highest BCUT2D eigenvalue weighted by Gasteiger charge is 2.32. The van der Waals surface area contributed by atoms with Crippen LogP contribution in [0.25, 0.3) is 10.9 Å². The second-order valence-electron chi connectivity index (χ2n) is 10.2. The number of nitro benzene ring substituents is 1. The van der Waals surface area contributed by atoms with E-state index in [2.05, 4.69) is 28.5 Å². The molecule has 2 heterocycles. The number of likely N-dealkylation sites (tertiary alicyclic amines) is 1. The quantitative estimate of drug-likeness (QED) is 0.253. The van der Waals surface area contributed by atoms with Crippen LogP contribution in [0.2, 0.25) is 0 Å². The molecule has 1 N–H and O–H groups in total.